The number of halogens is 2. The number of hydrogen-bond acceptors (Lipinski definition) is 15. The zero-order valence-corrected chi connectivity index (χ0v) is 28.3. The predicted octanol–water partition coefficient (Wildman–Crippen LogP) is 4.61. The van der Waals surface area contributed by atoms with Crippen molar-refractivity contribution in [3.63, 3.8) is 0 Å². The first-order valence-corrected chi connectivity index (χ1v) is 15.5. The molecule has 4 aromatic rings. The van der Waals surface area contributed by atoms with E-state index in [0.717, 1.165) is 6.42 Å². The normalized spacial score (nSPS) is 14.1. The summed E-state index contributed by atoms with van der Waals surface area (Å²) in [6.45, 7) is 6.23. The Hall–Kier alpha value is -6.10. The average molecular weight is 707 g/mol. The summed E-state index contributed by atoms with van der Waals surface area (Å²) in [5.74, 6) is -0.212. The van der Waals surface area contributed by atoms with Crippen LogP contribution in [0.25, 0.3) is 0 Å². The van der Waals surface area contributed by atoms with E-state index < -0.39 is 12.5 Å². The molecule has 0 saturated heterocycles. The van der Waals surface area contributed by atoms with Gasteiger partial charge in [-0.25, -0.2) is 24.3 Å². The maximum atomic E-state index is 14.2. The molecule has 0 unspecified atom stereocenters. The Morgan fingerprint density at radius 1 is 0.804 bits per heavy atom. The number of aromatic hydroxyl groups is 1. The van der Waals surface area contributed by atoms with Crippen molar-refractivity contribution in [2.24, 2.45) is 20.3 Å². The fourth-order valence-corrected chi connectivity index (χ4v) is 4.27. The SMILES string of the molecule is CO/N=C(/C1=NOCCO1)c1ccccc1O.Cc1ncnc(C)c1F.Cc1ncnc(Oc2ccccc2C(=NCO)C2=NCCCO2)c1F. The Morgan fingerprint density at radius 2 is 1.45 bits per heavy atom. The molecule has 51 heavy (non-hydrogen) atoms. The zero-order chi connectivity index (χ0) is 36.6. The van der Waals surface area contributed by atoms with Crippen molar-refractivity contribution >= 4 is 23.2 Å². The number of phenolic OH excluding ortho intramolecular Hbond substituents is 1. The summed E-state index contributed by atoms with van der Waals surface area (Å²) in [5.41, 5.74) is 2.64. The molecular formula is C34H36F2N8O7. The van der Waals surface area contributed by atoms with Crippen LogP contribution in [0.4, 0.5) is 8.78 Å². The number of ether oxygens (including phenoxy) is 3. The average Bonchev–Trinajstić information content (AvgIpc) is 3.16. The fourth-order valence-electron chi connectivity index (χ4n) is 4.27. The Kier molecular flexibility index (Phi) is 14.2. The number of aromatic nitrogens is 4. The third-order valence-corrected chi connectivity index (χ3v) is 6.75. The van der Waals surface area contributed by atoms with E-state index in [1.807, 2.05) is 0 Å². The van der Waals surface area contributed by atoms with Crippen LogP contribution in [0.2, 0.25) is 0 Å². The van der Waals surface area contributed by atoms with E-state index in [9.17, 15) is 19.0 Å². The number of aliphatic imine (C=N–C) groups is 2. The van der Waals surface area contributed by atoms with Gasteiger partial charge in [0.1, 0.15) is 50.3 Å². The van der Waals surface area contributed by atoms with Gasteiger partial charge in [0.05, 0.1) is 29.3 Å². The van der Waals surface area contributed by atoms with Gasteiger partial charge in [-0.05, 0) is 50.2 Å². The monoisotopic (exact) mass is 706 g/mol. The summed E-state index contributed by atoms with van der Waals surface area (Å²) >= 11 is 0. The van der Waals surface area contributed by atoms with Gasteiger partial charge in [0.2, 0.25) is 11.7 Å². The van der Waals surface area contributed by atoms with Crippen molar-refractivity contribution in [1.29, 1.82) is 0 Å². The van der Waals surface area contributed by atoms with Gasteiger partial charge in [0, 0.05) is 18.5 Å². The minimum Gasteiger partial charge on any atom is -0.507 e. The molecule has 0 atom stereocenters. The lowest BCUT2D eigenvalue weighted by atomic mass is 10.1. The van der Waals surface area contributed by atoms with Gasteiger partial charge < -0.3 is 34.1 Å². The van der Waals surface area contributed by atoms with E-state index in [0.29, 0.717) is 72.0 Å². The molecule has 0 spiro atoms. The number of rotatable bonds is 8. The Bertz CT molecular complexity index is 1890. The Labute approximate surface area is 292 Å². The number of oxime groups is 2. The molecule has 2 aromatic carbocycles. The van der Waals surface area contributed by atoms with Gasteiger partial charge in [-0.1, -0.05) is 29.4 Å². The summed E-state index contributed by atoms with van der Waals surface area (Å²) in [4.78, 5) is 32.9. The Morgan fingerprint density at radius 3 is 2.06 bits per heavy atom. The maximum absolute atomic E-state index is 14.2. The summed E-state index contributed by atoms with van der Waals surface area (Å²) in [5, 5.41) is 26.6. The number of aliphatic hydroxyl groups excluding tert-OH is 1. The van der Waals surface area contributed by atoms with Crippen LogP contribution in [0.1, 0.15) is 34.6 Å². The van der Waals surface area contributed by atoms with Gasteiger partial charge in [0.15, 0.2) is 18.1 Å². The smallest absolute Gasteiger partial charge is 0.280 e. The van der Waals surface area contributed by atoms with Crippen LogP contribution in [-0.2, 0) is 19.1 Å². The highest BCUT2D eigenvalue weighted by Crippen LogP contribution is 2.28. The molecular weight excluding hydrogens is 670 g/mol. The molecule has 0 bridgehead atoms. The first-order chi connectivity index (χ1) is 24.7. The molecule has 0 amide bonds. The third-order valence-electron chi connectivity index (χ3n) is 6.75. The van der Waals surface area contributed by atoms with Crippen LogP contribution in [-0.4, -0.2) is 93.6 Å². The molecule has 0 saturated carbocycles. The number of aryl methyl sites for hydroxylation is 3. The highest BCUT2D eigenvalue weighted by Gasteiger charge is 2.22. The lowest BCUT2D eigenvalue weighted by molar-refractivity contribution is 0.0672. The summed E-state index contributed by atoms with van der Waals surface area (Å²) < 4.78 is 43.3. The van der Waals surface area contributed by atoms with Gasteiger partial charge in [0.25, 0.3) is 11.8 Å². The third kappa shape index (κ3) is 10.4. The van der Waals surface area contributed by atoms with Crippen LogP contribution in [0.15, 0.2) is 81.5 Å². The van der Waals surface area contributed by atoms with Crippen LogP contribution in [0.3, 0.4) is 0 Å². The van der Waals surface area contributed by atoms with E-state index in [1.54, 1.807) is 62.4 Å². The van der Waals surface area contributed by atoms with Crippen LogP contribution in [0, 0.1) is 32.4 Å². The first kappa shape index (κ1) is 37.7. The molecule has 6 rings (SSSR count). The van der Waals surface area contributed by atoms with E-state index in [4.69, 9.17) is 23.9 Å². The van der Waals surface area contributed by atoms with Gasteiger partial charge in [-0.15, -0.1) is 0 Å². The minimum atomic E-state index is -0.635. The molecule has 0 aliphatic carbocycles. The molecule has 2 N–H and O–H groups in total. The highest BCUT2D eigenvalue weighted by atomic mass is 19.1. The number of aliphatic hydroxyl groups is 1. The van der Waals surface area contributed by atoms with E-state index in [1.165, 1.54) is 26.7 Å². The predicted molar refractivity (Wildman–Crippen MR) is 182 cm³/mol. The summed E-state index contributed by atoms with van der Waals surface area (Å²) in [6, 6.07) is 13.6. The molecule has 15 nitrogen and oxygen atoms in total. The van der Waals surface area contributed by atoms with Gasteiger partial charge in [-0.3, -0.25) is 4.99 Å². The lowest BCUT2D eigenvalue weighted by Crippen LogP contribution is -2.25. The number of benzene rings is 2. The van der Waals surface area contributed by atoms with E-state index >= 15 is 0 Å². The minimum absolute atomic E-state index is 0.0696. The second-order valence-electron chi connectivity index (χ2n) is 10.3. The maximum Gasteiger partial charge on any atom is 0.280 e. The number of hydrogen-bond donors (Lipinski definition) is 2. The number of para-hydroxylation sites is 2. The second-order valence-corrected chi connectivity index (χ2v) is 10.3. The summed E-state index contributed by atoms with van der Waals surface area (Å²) in [6.07, 6.45) is 3.40. The van der Waals surface area contributed by atoms with Crippen LogP contribution >= 0.6 is 0 Å². The van der Waals surface area contributed by atoms with Crippen molar-refractivity contribution in [2.75, 3.05) is 40.2 Å². The second kappa shape index (κ2) is 19.2. The highest BCUT2D eigenvalue weighted by molar-refractivity contribution is 6.46. The van der Waals surface area contributed by atoms with Crippen molar-refractivity contribution in [3.05, 3.63) is 101 Å². The first-order valence-electron chi connectivity index (χ1n) is 15.5. The molecule has 4 heterocycles. The van der Waals surface area contributed by atoms with Crippen molar-refractivity contribution in [2.45, 2.75) is 27.2 Å². The van der Waals surface area contributed by atoms with Crippen molar-refractivity contribution < 1.29 is 42.9 Å². The lowest BCUT2D eigenvalue weighted by Gasteiger charge is -2.17. The Balaban J connectivity index is 0.000000192. The van der Waals surface area contributed by atoms with E-state index in [-0.39, 0.29) is 29.0 Å². The number of phenols is 1. The standard InChI is InChI=1S/C17H17FN4O3.C11H12N2O4.C6H7FN2/c1-11-14(18)16(21-9-20-11)25-13-6-3-2-5-12(13)15(22-10-23)17-19-7-4-8-24-17;1-15-12-10(11-13-17-7-6-16-11)8-4-2-3-5-9(8)14;1-4-6(7)5(2)9-3-8-4/h2-3,5-6,9,23H,4,7-8,10H2,1H3;2-5,14H,6-7H2,1H3;3H,1-2H3/b;12-10+;. The molecule has 2 aliphatic heterocycles. The zero-order valence-electron chi connectivity index (χ0n) is 28.3. The topological polar surface area (TPSA) is 188 Å². The molecule has 0 radical (unpaired) electrons. The van der Waals surface area contributed by atoms with Crippen LogP contribution in [0.5, 0.6) is 17.4 Å². The van der Waals surface area contributed by atoms with Gasteiger partial charge >= 0.3 is 0 Å². The molecule has 2 aromatic heterocycles. The van der Waals surface area contributed by atoms with Crippen LogP contribution < -0.4 is 4.74 Å². The van der Waals surface area contributed by atoms with Crippen molar-refractivity contribution in [1.82, 2.24) is 19.9 Å². The molecule has 2 aliphatic rings. The molecule has 268 valence electrons. The summed E-state index contributed by atoms with van der Waals surface area (Å²) in [7, 11) is 1.41. The fraction of sp³-hybridized carbons (Fsp3) is 0.294. The molecule has 17 heteroatoms. The molecule has 0 fully saturated rings. The quantitative estimate of drug-likeness (QED) is 0.192. The number of nitrogens with zero attached hydrogens (tertiary/aromatic N) is 8. The largest absolute Gasteiger partial charge is 0.507 e. The van der Waals surface area contributed by atoms with Crippen molar-refractivity contribution in [3.8, 4) is 17.4 Å². The van der Waals surface area contributed by atoms with E-state index in [2.05, 4.69) is 40.2 Å². The van der Waals surface area contributed by atoms with Gasteiger partial charge in [-0.2, -0.15) is 9.37 Å².